The first-order chi connectivity index (χ1) is 15.0. The van der Waals surface area contributed by atoms with Gasteiger partial charge in [-0.2, -0.15) is 8.78 Å². The maximum Gasteiger partial charge on any atom is 0.387 e. The normalized spacial score (nSPS) is 10.6. The number of aromatic nitrogens is 3. The maximum atomic E-state index is 11.6. The summed E-state index contributed by atoms with van der Waals surface area (Å²) in [6, 6.07) is 12.9. The predicted octanol–water partition coefficient (Wildman–Crippen LogP) is 4.93. The Bertz CT molecular complexity index is 1120. The lowest BCUT2D eigenvalue weighted by Crippen LogP contribution is -2.03. The molecule has 4 rings (SSSR count). The Morgan fingerprint density at radius 1 is 1.10 bits per heavy atom. The van der Waals surface area contributed by atoms with Gasteiger partial charge in [0.15, 0.2) is 0 Å². The number of ether oxygens (including phenoxy) is 2. The van der Waals surface area contributed by atoms with Gasteiger partial charge in [0.2, 0.25) is 0 Å². The first-order valence-corrected chi connectivity index (χ1v) is 9.79. The number of halogens is 2. The third-order valence-electron chi connectivity index (χ3n) is 4.32. The monoisotopic (exact) mass is 444 g/mol. The van der Waals surface area contributed by atoms with Crippen LogP contribution in [0.15, 0.2) is 66.0 Å². The lowest BCUT2D eigenvalue weighted by atomic mass is 10.1. The minimum atomic E-state index is -2.77. The van der Waals surface area contributed by atoms with E-state index in [2.05, 4.69) is 55.8 Å². The largest absolute Gasteiger partial charge is 0.467 e. The van der Waals surface area contributed by atoms with Crippen LogP contribution in [0.1, 0.15) is 5.56 Å². The number of rotatable bonds is 6. The summed E-state index contributed by atoms with van der Waals surface area (Å²) in [5.41, 5.74) is 4.43. The molecule has 9 heteroatoms. The fourth-order valence-corrected chi connectivity index (χ4v) is 3.15. The van der Waals surface area contributed by atoms with E-state index in [9.17, 15) is 8.78 Å². The molecule has 2 heterocycles. The first-order valence-electron chi connectivity index (χ1n) is 9.35. The van der Waals surface area contributed by atoms with Gasteiger partial charge in [-0.25, -0.2) is 9.97 Å². The molecule has 0 atom stereocenters. The highest BCUT2D eigenvalue weighted by Crippen LogP contribution is 2.25. The van der Waals surface area contributed by atoms with Gasteiger partial charge in [0, 0.05) is 46.5 Å². The van der Waals surface area contributed by atoms with Crippen LogP contribution >= 0.6 is 12.6 Å². The van der Waals surface area contributed by atoms with Crippen molar-refractivity contribution >= 4 is 23.5 Å². The zero-order valence-corrected chi connectivity index (χ0v) is 17.9. The van der Waals surface area contributed by atoms with Gasteiger partial charge in [-0.15, -0.1) is 12.6 Å². The molecule has 0 saturated carbocycles. The first kappa shape index (κ1) is 22.5. The molecule has 0 unspecified atom stereocenters. The van der Waals surface area contributed by atoms with Crippen molar-refractivity contribution in [2.45, 2.75) is 18.1 Å². The van der Waals surface area contributed by atoms with Crippen molar-refractivity contribution in [2.75, 3.05) is 14.2 Å². The summed E-state index contributed by atoms with van der Waals surface area (Å²) in [5.74, 6) is 0.132. The Kier molecular flexibility index (Phi) is 7.80. The molecular formula is C22H22F2N4O2S. The van der Waals surface area contributed by atoms with Crippen molar-refractivity contribution in [1.29, 1.82) is 0 Å². The van der Waals surface area contributed by atoms with Crippen LogP contribution in [0.2, 0.25) is 0 Å². The van der Waals surface area contributed by atoms with E-state index >= 15 is 0 Å². The maximum absolute atomic E-state index is 11.6. The van der Waals surface area contributed by atoms with Crippen molar-refractivity contribution in [3.05, 3.63) is 66.6 Å². The molecule has 2 aromatic heterocycles. The molecule has 4 aromatic rings. The molecule has 0 bridgehead atoms. The van der Waals surface area contributed by atoms with Crippen molar-refractivity contribution in [1.82, 2.24) is 20.3 Å². The standard InChI is InChI=1S/C15H16N4O.C7H6F2OS/c1-16-6-12-9-17-14-5-10(3-4-13(12)14)11-7-18-15(20-2)19-8-11;8-7(9)10-5-2-1-3-6(11)4-5/h3-5,7-9,16-17H,6H2,1-2H3;1-4,7,11H. The number of fused-ring (bicyclic) bond motifs is 1. The van der Waals surface area contributed by atoms with E-state index < -0.39 is 6.61 Å². The molecule has 0 saturated heterocycles. The van der Waals surface area contributed by atoms with E-state index in [-0.39, 0.29) is 5.75 Å². The van der Waals surface area contributed by atoms with Crippen LogP contribution in [0.4, 0.5) is 8.78 Å². The number of nitrogens with zero attached hydrogens (tertiary/aromatic N) is 2. The highest BCUT2D eigenvalue weighted by Gasteiger charge is 2.06. The summed E-state index contributed by atoms with van der Waals surface area (Å²) < 4.78 is 32.3. The molecule has 0 aliphatic carbocycles. The van der Waals surface area contributed by atoms with Crippen LogP contribution < -0.4 is 14.8 Å². The Hall–Kier alpha value is -3.17. The lowest BCUT2D eigenvalue weighted by Gasteiger charge is -2.03. The van der Waals surface area contributed by atoms with Gasteiger partial charge < -0.3 is 19.8 Å². The number of H-pyrrole nitrogens is 1. The second-order valence-corrected chi connectivity index (χ2v) is 6.96. The molecule has 0 aliphatic heterocycles. The van der Waals surface area contributed by atoms with Crippen molar-refractivity contribution in [3.63, 3.8) is 0 Å². The molecule has 0 radical (unpaired) electrons. The van der Waals surface area contributed by atoms with Crippen molar-refractivity contribution < 1.29 is 18.3 Å². The minimum Gasteiger partial charge on any atom is -0.467 e. The van der Waals surface area contributed by atoms with E-state index in [4.69, 9.17) is 4.74 Å². The third kappa shape index (κ3) is 6.16. The lowest BCUT2D eigenvalue weighted by molar-refractivity contribution is -0.0499. The van der Waals surface area contributed by atoms with Gasteiger partial charge in [-0.3, -0.25) is 0 Å². The summed E-state index contributed by atoms with van der Waals surface area (Å²) in [4.78, 5) is 12.2. The summed E-state index contributed by atoms with van der Waals surface area (Å²) in [6.45, 7) is -1.92. The summed E-state index contributed by atoms with van der Waals surface area (Å²) in [5, 5.41) is 4.40. The van der Waals surface area contributed by atoms with E-state index in [1.165, 1.54) is 23.1 Å². The van der Waals surface area contributed by atoms with Gasteiger partial charge in [-0.1, -0.05) is 18.2 Å². The number of aromatic amines is 1. The molecule has 0 amide bonds. The molecule has 0 spiro atoms. The summed E-state index contributed by atoms with van der Waals surface area (Å²) >= 11 is 3.95. The Labute approximate surface area is 184 Å². The smallest absolute Gasteiger partial charge is 0.387 e. The summed E-state index contributed by atoms with van der Waals surface area (Å²) in [6.07, 6.45) is 5.57. The van der Waals surface area contributed by atoms with Gasteiger partial charge in [-0.05, 0) is 42.4 Å². The highest BCUT2D eigenvalue weighted by atomic mass is 32.1. The van der Waals surface area contributed by atoms with Crippen molar-refractivity contribution in [2.24, 2.45) is 0 Å². The van der Waals surface area contributed by atoms with Crippen LogP contribution in [0.5, 0.6) is 11.8 Å². The zero-order valence-electron chi connectivity index (χ0n) is 17.0. The van der Waals surface area contributed by atoms with Gasteiger partial charge >= 0.3 is 12.6 Å². The van der Waals surface area contributed by atoms with Crippen LogP contribution in [-0.2, 0) is 6.54 Å². The second-order valence-electron chi connectivity index (χ2n) is 6.44. The SMILES string of the molecule is CNCc1c[nH]c2cc(-c3cnc(OC)nc3)ccc12.FC(F)Oc1cccc(S)c1. The number of alkyl halides is 2. The fraction of sp³-hybridized carbons (Fsp3) is 0.182. The predicted molar refractivity (Wildman–Crippen MR) is 119 cm³/mol. The summed E-state index contributed by atoms with van der Waals surface area (Å²) in [7, 11) is 3.51. The molecule has 2 N–H and O–H groups in total. The Morgan fingerprint density at radius 3 is 2.52 bits per heavy atom. The number of nitrogens with one attached hydrogen (secondary N) is 2. The number of hydrogen-bond acceptors (Lipinski definition) is 6. The molecule has 6 nitrogen and oxygen atoms in total. The van der Waals surface area contributed by atoms with Crippen LogP contribution in [-0.4, -0.2) is 35.7 Å². The van der Waals surface area contributed by atoms with E-state index in [1.807, 2.05) is 13.2 Å². The number of methoxy groups -OCH3 is 1. The molecule has 2 aromatic carbocycles. The fourth-order valence-electron chi connectivity index (χ4n) is 2.93. The topological polar surface area (TPSA) is 72.1 Å². The van der Waals surface area contributed by atoms with Crippen LogP contribution in [0, 0.1) is 0 Å². The molecule has 162 valence electrons. The quantitative estimate of drug-likeness (QED) is 0.368. The average Bonchev–Trinajstić information content (AvgIpc) is 3.16. The van der Waals surface area contributed by atoms with Crippen molar-refractivity contribution in [3.8, 4) is 22.9 Å². The van der Waals surface area contributed by atoms with Gasteiger partial charge in [0.05, 0.1) is 7.11 Å². The van der Waals surface area contributed by atoms with E-state index in [0.29, 0.717) is 10.9 Å². The molecule has 0 fully saturated rings. The number of hydrogen-bond donors (Lipinski definition) is 3. The van der Waals surface area contributed by atoms with E-state index in [1.54, 1.807) is 31.6 Å². The number of thiol groups is 1. The van der Waals surface area contributed by atoms with E-state index in [0.717, 1.165) is 23.2 Å². The highest BCUT2D eigenvalue weighted by molar-refractivity contribution is 7.80. The van der Waals surface area contributed by atoms with Crippen LogP contribution in [0.3, 0.4) is 0 Å². The average molecular weight is 445 g/mol. The second kappa shape index (κ2) is 10.7. The molecule has 31 heavy (non-hydrogen) atoms. The Balaban J connectivity index is 0.000000210. The Morgan fingerprint density at radius 2 is 1.87 bits per heavy atom. The van der Waals surface area contributed by atoms with Crippen LogP contribution in [0.25, 0.3) is 22.0 Å². The van der Waals surface area contributed by atoms with Gasteiger partial charge in [0.1, 0.15) is 5.75 Å². The molecular weight excluding hydrogens is 422 g/mol. The molecule has 0 aliphatic rings. The van der Waals surface area contributed by atoms with Gasteiger partial charge in [0.25, 0.3) is 0 Å². The zero-order chi connectivity index (χ0) is 22.2. The third-order valence-corrected chi connectivity index (χ3v) is 4.60. The number of benzene rings is 2. The minimum absolute atomic E-state index is 0.132.